The molecule has 1 rings (SSSR count). The predicted molar refractivity (Wildman–Crippen MR) is 62.0 cm³/mol. The van der Waals surface area contributed by atoms with Crippen LogP contribution in [0.1, 0.15) is 41.0 Å². The quantitative estimate of drug-likeness (QED) is 0.287. The summed E-state index contributed by atoms with van der Waals surface area (Å²) in [4.78, 5) is 0. The number of nitrogens with zero attached hydrogens (tertiary/aromatic N) is 1. The van der Waals surface area contributed by atoms with Gasteiger partial charge in [0.2, 0.25) is 0 Å². The molecule has 4 heteroatoms. The zero-order valence-electron chi connectivity index (χ0n) is 10.3. The Morgan fingerprint density at radius 1 is 1.40 bits per heavy atom. The molecule has 0 amide bonds. The highest BCUT2D eigenvalue weighted by Gasteiger charge is 2.64. The van der Waals surface area contributed by atoms with Crippen LogP contribution < -0.4 is 11.1 Å². The zero-order chi connectivity index (χ0) is 11.9. The molecule has 0 saturated heterocycles. The number of hydrogen-bond donors (Lipinski definition) is 3. The van der Waals surface area contributed by atoms with Gasteiger partial charge in [0.25, 0.3) is 0 Å². The molecule has 1 atom stereocenters. The van der Waals surface area contributed by atoms with Crippen molar-refractivity contribution in [2.75, 3.05) is 0 Å². The van der Waals surface area contributed by atoms with Gasteiger partial charge in [-0.1, -0.05) is 32.9 Å². The summed E-state index contributed by atoms with van der Waals surface area (Å²) < 4.78 is 0. The van der Waals surface area contributed by atoms with Gasteiger partial charge >= 0.3 is 0 Å². The molecule has 1 saturated carbocycles. The Morgan fingerprint density at radius 2 is 1.87 bits per heavy atom. The van der Waals surface area contributed by atoms with Crippen molar-refractivity contribution >= 4 is 5.84 Å². The van der Waals surface area contributed by atoms with Crippen LogP contribution in [0.2, 0.25) is 0 Å². The van der Waals surface area contributed by atoms with Crippen LogP contribution in [-0.2, 0) is 0 Å². The molecule has 0 heterocycles. The van der Waals surface area contributed by atoms with Crippen molar-refractivity contribution in [1.82, 2.24) is 5.32 Å². The summed E-state index contributed by atoms with van der Waals surface area (Å²) in [6, 6.07) is 0.749. The minimum absolute atomic E-state index is 0.243. The summed E-state index contributed by atoms with van der Waals surface area (Å²) in [5.41, 5.74) is 6.12. The molecule has 1 aliphatic rings. The van der Waals surface area contributed by atoms with Crippen molar-refractivity contribution in [3.8, 4) is 0 Å². The van der Waals surface area contributed by atoms with E-state index in [4.69, 9.17) is 10.9 Å². The smallest absolute Gasteiger partial charge is 0.140 e. The highest BCUT2D eigenvalue weighted by atomic mass is 16.4. The number of hydrogen-bond acceptors (Lipinski definition) is 3. The molecule has 0 aliphatic heterocycles. The first-order valence-corrected chi connectivity index (χ1v) is 5.46. The molecule has 0 bridgehead atoms. The minimum atomic E-state index is 0.243. The third kappa shape index (κ3) is 2.09. The minimum Gasteiger partial charge on any atom is -0.409 e. The van der Waals surface area contributed by atoms with E-state index in [2.05, 4.69) is 45.1 Å². The van der Waals surface area contributed by atoms with Crippen molar-refractivity contribution in [3.63, 3.8) is 0 Å². The fourth-order valence-corrected chi connectivity index (χ4v) is 2.31. The zero-order valence-corrected chi connectivity index (χ0v) is 10.3. The second-order valence-corrected chi connectivity index (χ2v) is 5.74. The Labute approximate surface area is 91.9 Å². The van der Waals surface area contributed by atoms with Gasteiger partial charge in [0.1, 0.15) is 5.84 Å². The molecule has 0 aromatic rings. The van der Waals surface area contributed by atoms with E-state index in [-0.39, 0.29) is 11.9 Å². The Morgan fingerprint density at radius 3 is 2.20 bits per heavy atom. The lowest BCUT2D eigenvalue weighted by Crippen LogP contribution is -2.35. The van der Waals surface area contributed by atoms with E-state index in [1.54, 1.807) is 0 Å². The summed E-state index contributed by atoms with van der Waals surface area (Å²) in [5.74, 6) is 0.284. The maximum Gasteiger partial charge on any atom is 0.140 e. The second-order valence-electron chi connectivity index (χ2n) is 5.74. The average Bonchev–Trinajstić information content (AvgIpc) is 2.48. The van der Waals surface area contributed by atoms with Gasteiger partial charge in [0.05, 0.1) is 0 Å². The summed E-state index contributed by atoms with van der Waals surface area (Å²) >= 11 is 0. The van der Waals surface area contributed by atoms with Gasteiger partial charge in [0.15, 0.2) is 0 Å². The Balaban J connectivity index is 2.45. The fraction of sp³-hybridized carbons (Fsp3) is 0.909. The van der Waals surface area contributed by atoms with Crippen LogP contribution in [0.5, 0.6) is 0 Å². The van der Waals surface area contributed by atoms with E-state index >= 15 is 0 Å². The summed E-state index contributed by atoms with van der Waals surface area (Å²) in [5, 5.41) is 15.0. The summed E-state index contributed by atoms with van der Waals surface area (Å²) in [7, 11) is 0. The molecule has 4 nitrogen and oxygen atoms in total. The molecule has 88 valence electrons. The Kier molecular flexibility index (Phi) is 3.01. The molecule has 4 N–H and O–H groups in total. The topological polar surface area (TPSA) is 70.6 Å². The highest BCUT2D eigenvalue weighted by Crippen LogP contribution is 2.62. The van der Waals surface area contributed by atoms with Crippen molar-refractivity contribution < 1.29 is 5.21 Å². The number of oxime groups is 1. The lowest BCUT2D eigenvalue weighted by molar-refractivity contribution is 0.315. The van der Waals surface area contributed by atoms with Crippen LogP contribution in [0.3, 0.4) is 0 Å². The second kappa shape index (κ2) is 3.67. The summed E-state index contributed by atoms with van der Waals surface area (Å²) in [6.07, 6.45) is 0.583. The first-order valence-electron chi connectivity index (χ1n) is 5.46. The van der Waals surface area contributed by atoms with Gasteiger partial charge in [-0.25, -0.2) is 0 Å². The fourth-order valence-electron chi connectivity index (χ4n) is 2.31. The highest BCUT2D eigenvalue weighted by molar-refractivity contribution is 5.80. The molecule has 0 aromatic carbocycles. The first kappa shape index (κ1) is 12.3. The maximum atomic E-state index is 8.47. The van der Waals surface area contributed by atoms with Crippen molar-refractivity contribution in [2.45, 2.75) is 53.1 Å². The first-order chi connectivity index (χ1) is 6.73. The Bertz CT molecular complexity index is 257. The molecule has 0 radical (unpaired) electrons. The molecule has 1 unspecified atom stereocenters. The number of nitrogens with two attached hydrogens (primary N) is 1. The standard InChI is InChI=1S/C11H23N3O/c1-7(6-8(12)14-15)13-9-10(2,3)11(9,4)5/h7,9,13,15H,6H2,1-5H3,(H2,12,14). The normalized spacial score (nSPS) is 26.3. The van der Waals surface area contributed by atoms with Crippen molar-refractivity contribution in [1.29, 1.82) is 0 Å². The van der Waals surface area contributed by atoms with Crippen LogP contribution in [0, 0.1) is 10.8 Å². The van der Waals surface area contributed by atoms with Crippen LogP contribution in [0.4, 0.5) is 0 Å². The molecule has 15 heavy (non-hydrogen) atoms. The summed E-state index contributed by atoms with van der Waals surface area (Å²) in [6.45, 7) is 11.1. The van der Waals surface area contributed by atoms with Crippen molar-refractivity contribution in [2.24, 2.45) is 21.7 Å². The lowest BCUT2D eigenvalue weighted by Gasteiger charge is -2.14. The third-order valence-electron chi connectivity index (χ3n) is 4.12. The molecule has 0 spiro atoms. The van der Waals surface area contributed by atoms with Crippen molar-refractivity contribution in [3.05, 3.63) is 0 Å². The lowest BCUT2D eigenvalue weighted by atomic mass is 10.0. The number of nitrogens with one attached hydrogen (secondary N) is 1. The maximum absolute atomic E-state index is 8.47. The average molecular weight is 213 g/mol. The van der Waals surface area contributed by atoms with E-state index in [1.807, 2.05) is 0 Å². The molecule has 0 aromatic heterocycles. The van der Waals surface area contributed by atoms with E-state index in [9.17, 15) is 0 Å². The SMILES string of the molecule is CC(CC(N)=NO)NC1C(C)(C)C1(C)C. The molecule has 1 fully saturated rings. The van der Waals surface area contributed by atoms with Gasteiger partial charge in [0, 0.05) is 18.5 Å². The van der Waals surface area contributed by atoms with Crippen LogP contribution in [0.15, 0.2) is 5.16 Å². The third-order valence-corrected chi connectivity index (χ3v) is 4.12. The van der Waals surface area contributed by atoms with E-state index in [0.717, 1.165) is 0 Å². The van der Waals surface area contributed by atoms with Crippen LogP contribution >= 0.6 is 0 Å². The van der Waals surface area contributed by atoms with Crippen LogP contribution in [-0.4, -0.2) is 23.1 Å². The molecular weight excluding hydrogens is 190 g/mol. The van der Waals surface area contributed by atoms with Crippen LogP contribution in [0.25, 0.3) is 0 Å². The van der Waals surface area contributed by atoms with E-state index in [1.165, 1.54) is 0 Å². The number of rotatable bonds is 4. The van der Waals surface area contributed by atoms with Gasteiger partial charge in [-0.05, 0) is 17.8 Å². The van der Waals surface area contributed by atoms with Gasteiger partial charge < -0.3 is 16.3 Å². The number of amidine groups is 1. The van der Waals surface area contributed by atoms with Gasteiger partial charge in [-0.2, -0.15) is 0 Å². The van der Waals surface area contributed by atoms with Gasteiger partial charge in [-0.15, -0.1) is 0 Å². The predicted octanol–water partition coefficient (Wildman–Crippen LogP) is 1.54. The largest absolute Gasteiger partial charge is 0.409 e. The molecular formula is C11H23N3O. The van der Waals surface area contributed by atoms with E-state index < -0.39 is 0 Å². The Hall–Kier alpha value is -0.770. The van der Waals surface area contributed by atoms with Gasteiger partial charge in [-0.3, -0.25) is 0 Å². The molecule has 1 aliphatic carbocycles. The monoisotopic (exact) mass is 213 g/mol. The van der Waals surface area contributed by atoms with E-state index in [0.29, 0.717) is 23.3 Å².